The minimum Gasteiger partial charge on any atom is -0.441 e. The van der Waals surface area contributed by atoms with Gasteiger partial charge in [0.2, 0.25) is 11.8 Å². The van der Waals surface area contributed by atoms with E-state index in [1.807, 2.05) is 30.7 Å². The lowest BCUT2D eigenvalue weighted by molar-refractivity contribution is -0.120. The quantitative estimate of drug-likeness (QED) is 0.824. The second-order valence-corrected chi connectivity index (χ2v) is 5.64. The zero-order chi connectivity index (χ0) is 14.5. The van der Waals surface area contributed by atoms with E-state index in [0.29, 0.717) is 30.4 Å². The first-order valence-electron chi connectivity index (χ1n) is 6.55. The molecular formula is C14H21Cl2N3O2S. The first-order chi connectivity index (χ1) is 9.60. The summed E-state index contributed by atoms with van der Waals surface area (Å²) in [5.74, 6) is 1.48. The largest absolute Gasteiger partial charge is 0.441 e. The molecule has 3 N–H and O–H groups in total. The standard InChI is InChI=1S/C14H19N3O2S.2ClH/c1-9(6-15)7-16-13(18)5-12-10(2)19-14(17-12)11-3-4-20-8-11;;/h3-4,8-9H,5-7,15H2,1-2H3,(H,16,18);2*1H. The van der Waals surface area contributed by atoms with Crippen molar-refractivity contribution in [3.8, 4) is 11.5 Å². The van der Waals surface area contributed by atoms with Crippen molar-refractivity contribution in [2.75, 3.05) is 13.1 Å². The van der Waals surface area contributed by atoms with Gasteiger partial charge in [0.1, 0.15) is 5.76 Å². The molecule has 0 saturated heterocycles. The van der Waals surface area contributed by atoms with Crippen molar-refractivity contribution in [1.29, 1.82) is 0 Å². The van der Waals surface area contributed by atoms with Crippen LogP contribution in [-0.2, 0) is 11.2 Å². The molecule has 5 nitrogen and oxygen atoms in total. The van der Waals surface area contributed by atoms with Crippen LogP contribution in [0.15, 0.2) is 21.2 Å². The third-order valence-electron chi connectivity index (χ3n) is 3.04. The van der Waals surface area contributed by atoms with E-state index in [-0.39, 0.29) is 43.1 Å². The number of aryl methyl sites for hydroxylation is 1. The molecule has 0 saturated carbocycles. The van der Waals surface area contributed by atoms with E-state index in [1.54, 1.807) is 11.3 Å². The lowest BCUT2D eigenvalue weighted by Gasteiger charge is -2.09. The van der Waals surface area contributed by atoms with Gasteiger partial charge < -0.3 is 15.5 Å². The average Bonchev–Trinajstić information content (AvgIpc) is 3.06. The number of carbonyl (C=O) groups excluding carboxylic acids is 1. The van der Waals surface area contributed by atoms with Crippen LogP contribution in [0.4, 0.5) is 0 Å². The van der Waals surface area contributed by atoms with Gasteiger partial charge >= 0.3 is 0 Å². The number of thiophene rings is 1. The summed E-state index contributed by atoms with van der Waals surface area (Å²) in [5, 5.41) is 6.79. The minimum absolute atomic E-state index is 0. The molecule has 2 rings (SSSR count). The van der Waals surface area contributed by atoms with Crippen molar-refractivity contribution in [3.05, 3.63) is 28.3 Å². The number of carbonyl (C=O) groups is 1. The number of aromatic nitrogens is 1. The Morgan fingerprint density at radius 3 is 2.82 bits per heavy atom. The van der Waals surface area contributed by atoms with Crippen LogP contribution in [0.1, 0.15) is 18.4 Å². The first kappa shape index (κ1) is 20.9. The number of hydrogen-bond donors (Lipinski definition) is 2. The number of nitrogens with zero attached hydrogens (tertiary/aromatic N) is 1. The van der Waals surface area contributed by atoms with Crippen molar-refractivity contribution in [2.45, 2.75) is 20.3 Å². The summed E-state index contributed by atoms with van der Waals surface area (Å²) in [7, 11) is 0. The van der Waals surface area contributed by atoms with E-state index in [4.69, 9.17) is 10.2 Å². The third kappa shape index (κ3) is 5.61. The highest BCUT2D eigenvalue weighted by atomic mass is 35.5. The molecule has 8 heteroatoms. The van der Waals surface area contributed by atoms with Gasteiger partial charge in [-0.1, -0.05) is 6.92 Å². The first-order valence-corrected chi connectivity index (χ1v) is 7.50. The normalized spacial score (nSPS) is 11.2. The van der Waals surface area contributed by atoms with Gasteiger partial charge in [-0.2, -0.15) is 11.3 Å². The number of nitrogens with one attached hydrogen (secondary N) is 1. The van der Waals surface area contributed by atoms with Crippen LogP contribution in [0.5, 0.6) is 0 Å². The fourth-order valence-electron chi connectivity index (χ4n) is 1.69. The van der Waals surface area contributed by atoms with Gasteiger partial charge in [-0.25, -0.2) is 4.98 Å². The van der Waals surface area contributed by atoms with Crippen LogP contribution < -0.4 is 11.1 Å². The van der Waals surface area contributed by atoms with E-state index in [0.717, 1.165) is 5.56 Å². The molecule has 1 unspecified atom stereocenters. The third-order valence-corrected chi connectivity index (χ3v) is 3.72. The molecule has 0 aliphatic rings. The molecule has 0 bridgehead atoms. The van der Waals surface area contributed by atoms with Gasteiger partial charge in [0.15, 0.2) is 0 Å². The summed E-state index contributed by atoms with van der Waals surface area (Å²) in [6.45, 7) is 4.97. The van der Waals surface area contributed by atoms with Crippen molar-refractivity contribution in [3.63, 3.8) is 0 Å². The van der Waals surface area contributed by atoms with E-state index in [2.05, 4.69) is 10.3 Å². The molecule has 0 radical (unpaired) electrons. The molecule has 22 heavy (non-hydrogen) atoms. The Morgan fingerprint density at radius 2 is 2.23 bits per heavy atom. The SMILES string of the molecule is Cc1oc(-c2ccsc2)nc1CC(=O)NCC(C)CN.Cl.Cl. The molecule has 0 aliphatic carbocycles. The molecule has 0 spiro atoms. The predicted molar refractivity (Wildman–Crippen MR) is 94.0 cm³/mol. The maximum absolute atomic E-state index is 11.8. The zero-order valence-corrected chi connectivity index (χ0v) is 14.9. The second-order valence-electron chi connectivity index (χ2n) is 4.86. The van der Waals surface area contributed by atoms with Gasteiger partial charge in [-0.15, -0.1) is 24.8 Å². The van der Waals surface area contributed by atoms with Gasteiger partial charge in [-0.3, -0.25) is 4.79 Å². The van der Waals surface area contributed by atoms with Gasteiger partial charge in [-0.05, 0) is 30.8 Å². The Morgan fingerprint density at radius 1 is 1.50 bits per heavy atom. The van der Waals surface area contributed by atoms with Crippen molar-refractivity contribution in [1.82, 2.24) is 10.3 Å². The fraction of sp³-hybridized carbons (Fsp3) is 0.429. The molecule has 0 aromatic carbocycles. The molecule has 2 aromatic heterocycles. The van der Waals surface area contributed by atoms with E-state index in [9.17, 15) is 4.79 Å². The molecule has 2 aromatic rings. The van der Waals surface area contributed by atoms with Crippen LogP contribution >= 0.6 is 36.2 Å². The van der Waals surface area contributed by atoms with E-state index < -0.39 is 0 Å². The zero-order valence-electron chi connectivity index (χ0n) is 12.5. The van der Waals surface area contributed by atoms with Gasteiger partial charge in [0.25, 0.3) is 0 Å². The summed E-state index contributed by atoms with van der Waals surface area (Å²) in [6.07, 6.45) is 0.233. The molecule has 1 atom stereocenters. The summed E-state index contributed by atoms with van der Waals surface area (Å²) in [6, 6.07) is 1.95. The molecule has 0 aliphatic heterocycles. The van der Waals surface area contributed by atoms with Crippen LogP contribution in [0, 0.1) is 12.8 Å². The van der Waals surface area contributed by atoms with Crippen molar-refractivity contribution >= 4 is 42.1 Å². The van der Waals surface area contributed by atoms with Gasteiger partial charge in [0, 0.05) is 17.5 Å². The van der Waals surface area contributed by atoms with Crippen molar-refractivity contribution in [2.24, 2.45) is 11.7 Å². The van der Waals surface area contributed by atoms with Gasteiger partial charge in [0.05, 0.1) is 12.1 Å². The van der Waals surface area contributed by atoms with Crippen LogP contribution in [0.3, 0.4) is 0 Å². The number of amides is 1. The minimum atomic E-state index is -0.0569. The average molecular weight is 366 g/mol. The number of oxazole rings is 1. The summed E-state index contributed by atoms with van der Waals surface area (Å²) < 4.78 is 5.60. The molecule has 1 amide bonds. The highest BCUT2D eigenvalue weighted by Gasteiger charge is 2.15. The lowest BCUT2D eigenvalue weighted by atomic mass is 10.2. The topological polar surface area (TPSA) is 81.2 Å². The molecule has 2 heterocycles. The Bertz CT molecular complexity index is 573. The molecular weight excluding hydrogens is 345 g/mol. The Labute approximate surface area is 146 Å². The van der Waals surface area contributed by atoms with Crippen LogP contribution in [-0.4, -0.2) is 24.0 Å². The highest BCUT2D eigenvalue weighted by molar-refractivity contribution is 7.08. The summed E-state index contributed by atoms with van der Waals surface area (Å²) in [5.41, 5.74) is 7.15. The summed E-state index contributed by atoms with van der Waals surface area (Å²) >= 11 is 1.59. The lowest BCUT2D eigenvalue weighted by Crippen LogP contribution is -2.32. The monoisotopic (exact) mass is 365 g/mol. The predicted octanol–water partition coefficient (Wildman–Crippen LogP) is 2.81. The highest BCUT2D eigenvalue weighted by Crippen LogP contribution is 2.23. The number of halogens is 2. The Kier molecular flexibility index (Phi) is 9.36. The Balaban J connectivity index is 0.00000220. The number of hydrogen-bond acceptors (Lipinski definition) is 5. The molecule has 124 valence electrons. The van der Waals surface area contributed by atoms with Crippen molar-refractivity contribution < 1.29 is 9.21 Å². The second kappa shape index (κ2) is 9.84. The Hall–Kier alpha value is -1.08. The number of nitrogens with two attached hydrogens (primary N) is 1. The summed E-state index contributed by atoms with van der Waals surface area (Å²) in [4.78, 5) is 16.2. The van der Waals surface area contributed by atoms with E-state index >= 15 is 0 Å². The number of rotatable bonds is 6. The maximum Gasteiger partial charge on any atom is 0.227 e. The smallest absolute Gasteiger partial charge is 0.227 e. The van der Waals surface area contributed by atoms with Crippen LogP contribution in [0.2, 0.25) is 0 Å². The van der Waals surface area contributed by atoms with E-state index in [1.165, 1.54) is 0 Å². The van der Waals surface area contributed by atoms with Crippen LogP contribution in [0.25, 0.3) is 11.5 Å². The maximum atomic E-state index is 11.8. The fourth-order valence-corrected chi connectivity index (χ4v) is 2.32. The molecule has 0 fully saturated rings.